The Morgan fingerprint density at radius 1 is 0.786 bits per heavy atom. The fourth-order valence-electron chi connectivity index (χ4n) is 3.60. The standard InChI is InChI=1S/C20H25IN6O/c1-24-8-10-25(11-9-24)18-6-7-19(23-22-18)26-12-14-27(15-13-26)20(28)16-2-4-17(21)5-3-16/h2-7H,8-15H2,1H3. The van der Waals surface area contributed by atoms with Gasteiger partial charge in [-0.3, -0.25) is 4.79 Å². The lowest BCUT2D eigenvalue weighted by Crippen LogP contribution is -2.49. The molecule has 2 aromatic rings. The van der Waals surface area contributed by atoms with Crippen LogP contribution in [0.3, 0.4) is 0 Å². The van der Waals surface area contributed by atoms with E-state index >= 15 is 0 Å². The maximum atomic E-state index is 12.7. The minimum absolute atomic E-state index is 0.104. The summed E-state index contributed by atoms with van der Waals surface area (Å²) in [6.45, 7) is 7.05. The van der Waals surface area contributed by atoms with E-state index in [9.17, 15) is 4.79 Å². The molecule has 7 nitrogen and oxygen atoms in total. The van der Waals surface area contributed by atoms with Crippen molar-refractivity contribution in [3.8, 4) is 0 Å². The molecule has 0 atom stereocenters. The minimum Gasteiger partial charge on any atom is -0.353 e. The van der Waals surface area contributed by atoms with Gasteiger partial charge in [0.15, 0.2) is 11.6 Å². The molecule has 0 spiro atoms. The Morgan fingerprint density at radius 3 is 1.79 bits per heavy atom. The first-order valence-electron chi connectivity index (χ1n) is 9.67. The number of carbonyl (C=O) groups excluding carboxylic acids is 1. The van der Waals surface area contributed by atoms with E-state index in [1.165, 1.54) is 0 Å². The zero-order valence-electron chi connectivity index (χ0n) is 16.1. The molecule has 0 N–H and O–H groups in total. The first-order chi connectivity index (χ1) is 13.6. The molecular formula is C20H25IN6O. The van der Waals surface area contributed by atoms with Crippen LogP contribution in [-0.2, 0) is 0 Å². The molecule has 28 heavy (non-hydrogen) atoms. The highest BCUT2D eigenvalue weighted by Gasteiger charge is 2.23. The molecule has 2 aliphatic rings. The minimum atomic E-state index is 0.104. The summed E-state index contributed by atoms with van der Waals surface area (Å²) in [5, 5.41) is 8.90. The fourth-order valence-corrected chi connectivity index (χ4v) is 3.96. The Kier molecular flexibility index (Phi) is 5.96. The Labute approximate surface area is 179 Å². The molecule has 1 aromatic heterocycles. The van der Waals surface area contributed by atoms with Gasteiger partial charge in [-0.05, 0) is 66.0 Å². The number of hydrogen-bond acceptors (Lipinski definition) is 6. The lowest BCUT2D eigenvalue weighted by molar-refractivity contribution is 0.0746. The van der Waals surface area contributed by atoms with Crippen LogP contribution in [-0.4, -0.2) is 85.3 Å². The summed E-state index contributed by atoms with van der Waals surface area (Å²) >= 11 is 2.25. The molecule has 0 radical (unpaired) electrons. The molecule has 0 aliphatic carbocycles. The van der Waals surface area contributed by atoms with Gasteiger partial charge in [0.25, 0.3) is 5.91 Å². The smallest absolute Gasteiger partial charge is 0.253 e. The summed E-state index contributed by atoms with van der Waals surface area (Å²) in [6.07, 6.45) is 0. The molecule has 4 rings (SSSR count). The fraction of sp³-hybridized carbons (Fsp3) is 0.450. The third-order valence-electron chi connectivity index (χ3n) is 5.45. The number of aromatic nitrogens is 2. The Balaban J connectivity index is 1.33. The van der Waals surface area contributed by atoms with Crippen molar-refractivity contribution < 1.29 is 4.79 Å². The van der Waals surface area contributed by atoms with E-state index < -0.39 is 0 Å². The average Bonchev–Trinajstić information content (AvgIpc) is 2.75. The van der Waals surface area contributed by atoms with Crippen LogP contribution in [0.25, 0.3) is 0 Å². The number of piperazine rings is 2. The van der Waals surface area contributed by atoms with E-state index in [0.29, 0.717) is 13.1 Å². The Morgan fingerprint density at radius 2 is 1.29 bits per heavy atom. The molecule has 3 heterocycles. The monoisotopic (exact) mass is 492 g/mol. The van der Waals surface area contributed by atoms with Crippen LogP contribution in [0.4, 0.5) is 11.6 Å². The molecule has 2 fully saturated rings. The highest BCUT2D eigenvalue weighted by molar-refractivity contribution is 14.1. The van der Waals surface area contributed by atoms with Gasteiger partial charge >= 0.3 is 0 Å². The summed E-state index contributed by atoms with van der Waals surface area (Å²) in [6, 6.07) is 11.9. The number of halogens is 1. The van der Waals surface area contributed by atoms with E-state index in [0.717, 1.165) is 60.0 Å². The maximum Gasteiger partial charge on any atom is 0.253 e. The first-order valence-corrected chi connectivity index (χ1v) is 10.7. The predicted octanol–water partition coefficient (Wildman–Crippen LogP) is 1.80. The topological polar surface area (TPSA) is 55.8 Å². The molecule has 0 bridgehead atoms. The summed E-state index contributed by atoms with van der Waals surface area (Å²) < 4.78 is 1.14. The van der Waals surface area contributed by atoms with Crippen molar-refractivity contribution in [2.75, 3.05) is 69.2 Å². The molecule has 1 amide bonds. The maximum absolute atomic E-state index is 12.7. The summed E-state index contributed by atoms with van der Waals surface area (Å²) in [5.74, 6) is 1.94. The van der Waals surface area contributed by atoms with Crippen LogP contribution < -0.4 is 9.80 Å². The largest absolute Gasteiger partial charge is 0.353 e. The van der Waals surface area contributed by atoms with Crippen LogP contribution in [0.5, 0.6) is 0 Å². The number of carbonyl (C=O) groups is 1. The van der Waals surface area contributed by atoms with Gasteiger partial charge in [-0.15, -0.1) is 10.2 Å². The second-order valence-corrected chi connectivity index (χ2v) is 8.57. The van der Waals surface area contributed by atoms with Gasteiger partial charge in [0.2, 0.25) is 0 Å². The highest BCUT2D eigenvalue weighted by atomic mass is 127. The normalized spacial score (nSPS) is 18.4. The van der Waals surface area contributed by atoms with Gasteiger partial charge in [0.1, 0.15) is 0 Å². The van der Waals surface area contributed by atoms with E-state index in [-0.39, 0.29) is 5.91 Å². The van der Waals surface area contributed by atoms with Crippen LogP contribution in [0.1, 0.15) is 10.4 Å². The second kappa shape index (κ2) is 8.60. The molecule has 2 saturated heterocycles. The first kappa shape index (κ1) is 19.4. The Hall–Kier alpha value is -1.94. The third-order valence-corrected chi connectivity index (χ3v) is 6.16. The lowest BCUT2D eigenvalue weighted by Gasteiger charge is -2.36. The van der Waals surface area contributed by atoms with Crippen LogP contribution in [0.15, 0.2) is 36.4 Å². The van der Waals surface area contributed by atoms with Gasteiger partial charge in [-0.25, -0.2) is 0 Å². The molecular weight excluding hydrogens is 467 g/mol. The molecule has 0 saturated carbocycles. The molecule has 8 heteroatoms. The average molecular weight is 492 g/mol. The zero-order valence-corrected chi connectivity index (χ0v) is 18.2. The number of hydrogen-bond donors (Lipinski definition) is 0. The van der Waals surface area contributed by atoms with Crippen molar-refractivity contribution in [3.05, 3.63) is 45.5 Å². The number of amides is 1. The number of benzene rings is 1. The summed E-state index contributed by atoms with van der Waals surface area (Å²) in [5.41, 5.74) is 0.755. The van der Waals surface area contributed by atoms with Crippen molar-refractivity contribution in [3.63, 3.8) is 0 Å². The number of likely N-dealkylation sites (N-methyl/N-ethyl adjacent to an activating group) is 1. The summed E-state index contributed by atoms with van der Waals surface area (Å²) in [7, 11) is 2.15. The van der Waals surface area contributed by atoms with Gasteiger partial charge in [0.05, 0.1) is 0 Å². The number of rotatable bonds is 3. The van der Waals surface area contributed by atoms with Gasteiger partial charge in [-0.2, -0.15) is 0 Å². The lowest BCUT2D eigenvalue weighted by atomic mass is 10.2. The third kappa shape index (κ3) is 4.38. The van der Waals surface area contributed by atoms with Crippen LogP contribution in [0, 0.1) is 3.57 Å². The SMILES string of the molecule is CN1CCN(c2ccc(N3CCN(C(=O)c4ccc(I)cc4)CC3)nn2)CC1. The zero-order chi connectivity index (χ0) is 19.5. The van der Waals surface area contributed by atoms with Crippen molar-refractivity contribution in [2.45, 2.75) is 0 Å². The predicted molar refractivity (Wildman–Crippen MR) is 119 cm³/mol. The van der Waals surface area contributed by atoms with E-state index in [4.69, 9.17) is 0 Å². The molecule has 148 valence electrons. The second-order valence-electron chi connectivity index (χ2n) is 7.33. The van der Waals surface area contributed by atoms with Crippen molar-refractivity contribution >= 4 is 40.1 Å². The van der Waals surface area contributed by atoms with Gasteiger partial charge in [-0.1, -0.05) is 0 Å². The van der Waals surface area contributed by atoms with Crippen molar-refractivity contribution in [2.24, 2.45) is 0 Å². The molecule has 2 aliphatic heterocycles. The van der Waals surface area contributed by atoms with E-state index in [2.05, 4.69) is 66.7 Å². The van der Waals surface area contributed by atoms with Gasteiger partial charge < -0.3 is 19.6 Å². The number of nitrogens with zero attached hydrogens (tertiary/aromatic N) is 6. The van der Waals surface area contributed by atoms with Gasteiger partial charge in [0, 0.05) is 61.5 Å². The van der Waals surface area contributed by atoms with E-state index in [1.807, 2.05) is 29.2 Å². The summed E-state index contributed by atoms with van der Waals surface area (Å²) in [4.78, 5) is 21.4. The van der Waals surface area contributed by atoms with Crippen molar-refractivity contribution in [1.82, 2.24) is 20.0 Å². The molecule has 1 aromatic carbocycles. The Bertz CT molecular complexity index is 796. The van der Waals surface area contributed by atoms with Crippen molar-refractivity contribution in [1.29, 1.82) is 0 Å². The molecule has 0 unspecified atom stereocenters. The number of anilines is 2. The quantitative estimate of drug-likeness (QED) is 0.610. The van der Waals surface area contributed by atoms with Crippen LogP contribution in [0.2, 0.25) is 0 Å². The highest BCUT2D eigenvalue weighted by Crippen LogP contribution is 2.18. The van der Waals surface area contributed by atoms with E-state index in [1.54, 1.807) is 0 Å². The van der Waals surface area contributed by atoms with Crippen LogP contribution >= 0.6 is 22.6 Å².